The predicted octanol–water partition coefficient (Wildman–Crippen LogP) is 3.33. The molecule has 2 N–H and O–H groups in total. The van der Waals surface area contributed by atoms with Crippen LogP contribution in [-0.2, 0) is 6.42 Å². The Kier molecular flexibility index (Phi) is 4.48. The number of rotatable bonds is 4. The molecule has 0 heterocycles. The molecule has 21 heavy (non-hydrogen) atoms. The van der Waals surface area contributed by atoms with Gasteiger partial charge >= 0.3 is 0 Å². The lowest BCUT2D eigenvalue weighted by molar-refractivity contribution is 0.0827. The van der Waals surface area contributed by atoms with Crippen LogP contribution in [0.1, 0.15) is 22.8 Å². The van der Waals surface area contributed by atoms with Gasteiger partial charge in [-0.15, -0.1) is 0 Å². The number of ether oxygens (including phenoxy) is 1. The number of hydrogen-bond acceptors (Lipinski definition) is 3. The van der Waals surface area contributed by atoms with Crippen molar-refractivity contribution in [1.82, 2.24) is 4.90 Å². The van der Waals surface area contributed by atoms with Gasteiger partial charge in [-0.05, 0) is 42.3 Å². The highest BCUT2D eigenvalue weighted by atomic mass is 16.5. The van der Waals surface area contributed by atoms with Gasteiger partial charge in [-0.25, -0.2) is 0 Å². The molecule has 0 bridgehead atoms. The first-order valence-electron chi connectivity index (χ1n) is 6.89. The Bertz CT molecular complexity index is 651. The summed E-state index contributed by atoms with van der Waals surface area (Å²) in [6.07, 6.45) is 0.936. The van der Waals surface area contributed by atoms with Gasteiger partial charge in [0.15, 0.2) is 5.75 Å². The zero-order chi connectivity index (χ0) is 15.4. The van der Waals surface area contributed by atoms with Crippen LogP contribution < -0.4 is 10.5 Å². The fraction of sp³-hybridized carbons (Fsp3) is 0.235. The van der Waals surface area contributed by atoms with Crippen molar-refractivity contribution in [2.75, 3.05) is 19.8 Å². The lowest BCUT2D eigenvalue weighted by Gasteiger charge is -2.13. The summed E-state index contributed by atoms with van der Waals surface area (Å²) in [5, 5.41) is 0. The van der Waals surface area contributed by atoms with E-state index in [1.54, 1.807) is 32.3 Å². The molecule has 2 rings (SSSR count). The van der Waals surface area contributed by atoms with Crippen molar-refractivity contribution in [1.29, 1.82) is 0 Å². The average Bonchev–Trinajstić information content (AvgIpc) is 2.49. The van der Waals surface area contributed by atoms with E-state index in [0.717, 1.165) is 12.2 Å². The zero-order valence-corrected chi connectivity index (χ0v) is 12.6. The first kappa shape index (κ1) is 14.9. The molecule has 110 valence electrons. The highest BCUT2D eigenvalue weighted by Crippen LogP contribution is 2.29. The molecule has 0 aliphatic carbocycles. The molecule has 0 aliphatic rings. The lowest BCUT2D eigenvalue weighted by Crippen LogP contribution is -2.21. The Morgan fingerprint density at radius 1 is 1.19 bits per heavy atom. The van der Waals surface area contributed by atoms with Gasteiger partial charge in [0.2, 0.25) is 0 Å². The van der Waals surface area contributed by atoms with Crippen molar-refractivity contribution in [3.63, 3.8) is 0 Å². The van der Waals surface area contributed by atoms with Crippen molar-refractivity contribution in [2.45, 2.75) is 13.3 Å². The summed E-state index contributed by atoms with van der Waals surface area (Å²) in [5.74, 6) is 1.13. The first-order valence-corrected chi connectivity index (χ1v) is 6.89. The van der Waals surface area contributed by atoms with E-state index < -0.39 is 0 Å². The van der Waals surface area contributed by atoms with E-state index in [-0.39, 0.29) is 5.91 Å². The molecular formula is C17H20N2O2. The summed E-state index contributed by atoms with van der Waals surface area (Å²) in [5.41, 5.74) is 8.18. The van der Waals surface area contributed by atoms with Gasteiger partial charge in [0.05, 0.1) is 5.69 Å². The van der Waals surface area contributed by atoms with Crippen LogP contribution in [0.25, 0.3) is 0 Å². The molecule has 2 aromatic carbocycles. The Hall–Kier alpha value is -2.49. The minimum atomic E-state index is -0.0813. The maximum Gasteiger partial charge on any atom is 0.253 e. The van der Waals surface area contributed by atoms with Crippen LogP contribution in [0.15, 0.2) is 42.5 Å². The predicted molar refractivity (Wildman–Crippen MR) is 84.8 cm³/mol. The van der Waals surface area contributed by atoms with E-state index in [1.807, 2.05) is 24.3 Å². The number of nitrogens with two attached hydrogens (primary N) is 1. The molecule has 0 saturated heterocycles. The lowest BCUT2D eigenvalue weighted by atomic mass is 10.1. The summed E-state index contributed by atoms with van der Waals surface area (Å²) in [6, 6.07) is 12.9. The van der Waals surface area contributed by atoms with Crippen LogP contribution in [0.5, 0.6) is 11.5 Å². The molecule has 4 nitrogen and oxygen atoms in total. The third-order valence-corrected chi connectivity index (χ3v) is 3.20. The van der Waals surface area contributed by atoms with Crippen LogP contribution in [0.4, 0.5) is 5.69 Å². The maximum absolute atomic E-state index is 12.0. The molecule has 1 amide bonds. The normalized spacial score (nSPS) is 10.2. The van der Waals surface area contributed by atoms with Gasteiger partial charge in [0, 0.05) is 19.7 Å². The van der Waals surface area contributed by atoms with E-state index in [2.05, 4.69) is 6.92 Å². The molecule has 0 aromatic heterocycles. The number of aryl methyl sites for hydroxylation is 1. The van der Waals surface area contributed by atoms with E-state index >= 15 is 0 Å². The van der Waals surface area contributed by atoms with E-state index in [0.29, 0.717) is 17.0 Å². The van der Waals surface area contributed by atoms with Crippen molar-refractivity contribution in [3.8, 4) is 11.5 Å². The number of benzene rings is 2. The number of anilines is 1. The molecule has 0 aliphatic heterocycles. The molecule has 0 saturated carbocycles. The minimum absolute atomic E-state index is 0.0813. The topological polar surface area (TPSA) is 55.6 Å². The Morgan fingerprint density at radius 3 is 2.62 bits per heavy atom. The van der Waals surface area contributed by atoms with Gasteiger partial charge in [0.25, 0.3) is 5.91 Å². The summed E-state index contributed by atoms with van der Waals surface area (Å²) in [6.45, 7) is 2.09. The highest BCUT2D eigenvalue weighted by Gasteiger charge is 2.11. The third kappa shape index (κ3) is 3.54. The number of carbonyl (C=O) groups excluding carboxylic acids is 1. The second-order valence-corrected chi connectivity index (χ2v) is 5.06. The van der Waals surface area contributed by atoms with Crippen LogP contribution in [0, 0.1) is 0 Å². The summed E-state index contributed by atoms with van der Waals surface area (Å²) in [4.78, 5) is 13.5. The number of amides is 1. The van der Waals surface area contributed by atoms with Crippen LogP contribution >= 0.6 is 0 Å². The van der Waals surface area contributed by atoms with Crippen LogP contribution in [0.3, 0.4) is 0 Å². The molecule has 2 aromatic rings. The van der Waals surface area contributed by atoms with Crippen molar-refractivity contribution >= 4 is 11.6 Å². The molecular weight excluding hydrogens is 264 g/mol. The fourth-order valence-corrected chi connectivity index (χ4v) is 1.97. The number of hydrogen-bond donors (Lipinski definition) is 1. The van der Waals surface area contributed by atoms with E-state index in [4.69, 9.17) is 10.5 Å². The quantitative estimate of drug-likeness (QED) is 0.876. The molecule has 4 heteroatoms. The van der Waals surface area contributed by atoms with Gasteiger partial charge in [-0.1, -0.05) is 19.1 Å². The second kappa shape index (κ2) is 6.31. The van der Waals surface area contributed by atoms with Crippen molar-refractivity contribution in [2.24, 2.45) is 0 Å². The Balaban J connectivity index is 2.30. The number of carbonyl (C=O) groups is 1. The highest BCUT2D eigenvalue weighted by molar-refractivity contribution is 5.94. The summed E-state index contributed by atoms with van der Waals surface area (Å²) >= 11 is 0. The van der Waals surface area contributed by atoms with Crippen molar-refractivity contribution in [3.05, 3.63) is 53.6 Å². The van der Waals surface area contributed by atoms with Crippen molar-refractivity contribution < 1.29 is 9.53 Å². The SMILES string of the molecule is CCc1cccc(Oc2cc(C(=O)N(C)C)ccc2N)c1. The van der Waals surface area contributed by atoms with Gasteiger partial charge in [0.1, 0.15) is 5.75 Å². The largest absolute Gasteiger partial charge is 0.455 e. The number of nitrogens with zero attached hydrogens (tertiary/aromatic N) is 1. The van der Waals surface area contributed by atoms with Crippen LogP contribution in [0.2, 0.25) is 0 Å². The smallest absolute Gasteiger partial charge is 0.253 e. The maximum atomic E-state index is 12.0. The fourth-order valence-electron chi connectivity index (χ4n) is 1.97. The van der Waals surface area contributed by atoms with Gasteiger partial charge < -0.3 is 15.4 Å². The average molecular weight is 284 g/mol. The molecule has 0 fully saturated rings. The number of nitrogen functional groups attached to an aromatic ring is 1. The summed E-state index contributed by atoms with van der Waals surface area (Å²) in [7, 11) is 3.42. The molecule has 0 atom stereocenters. The van der Waals surface area contributed by atoms with E-state index in [9.17, 15) is 4.79 Å². The Labute approximate surface area is 125 Å². The third-order valence-electron chi connectivity index (χ3n) is 3.20. The standard InChI is InChI=1S/C17H20N2O2/c1-4-12-6-5-7-14(10-12)21-16-11-13(8-9-15(16)18)17(20)19(2)3/h5-11H,4,18H2,1-3H3. The molecule has 0 unspecified atom stereocenters. The van der Waals surface area contributed by atoms with E-state index in [1.165, 1.54) is 10.5 Å². The minimum Gasteiger partial charge on any atom is -0.455 e. The van der Waals surface area contributed by atoms with Gasteiger partial charge in [-0.3, -0.25) is 4.79 Å². The van der Waals surface area contributed by atoms with Crippen LogP contribution in [-0.4, -0.2) is 24.9 Å². The second-order valence-electron chi connectivity index (χ2n) is 5.06. The Morgan fingerprint density at radius 2 is 1.95 bits per heavy atom. The monoisotopic (exact) mass is 284 g/mol. The molecule has 0 spiro atoms. The first-order chi connectivity index (χ1) is 10.0. The van der Waals surface area contributed by atoms with Gasteiger partial charge in [-0.2, -0.15) is 0 Å². The summed E-state index contributed by atoms with van der Waals surface area (Å²) < 4.78 is 5.83. The molecule has 0 radical (unpaired) electrons. The zero-order valence-electron chi connectivity index (χ0n) is 12.6.